The van der Waals surface area contributed by atoms with E-state index in [-0.39, 0.29) is 0 Å². The summed E-state index contributed by atoms with van der Waals surface area (Å²) in [5.41, 5.74) is 1.96. The third kappa shape index (κ3) is 3.19. The fourth-order valence-electron chi connectivity index (χ4n) is 2.89. The third-order valence-corrected chi connectivity index (χ3v) is 3.66. The Morgan fingerprint density at radius 3 is 2.62 bits per heavy atom. The van der Waals surface area contributed by atoms with Gasteiger partial charge in [0.1, 0.15) is 11.6 Å². The van der Waals surface area contributed by atoms with Gasteiger partial charge in [-0.2, -0.15) is 0 Å². The van der Waals surface area contributed by atoms with Crippen LogP contribution in [0.3, 0.4) is 0 Å². The molecule has 5 heteroatoms. The first kappa shape index (κ1) is 13.9. The maximum Gasteiger partial charge on any atom is 0.132 e. The van der Waals surface area contributed by atoms with Gasteiger partial charge in [-0.3, -0.25) is 4.98 Å². The zero-order valence-corrected chi connectivity index (χ0v) is 12.7. The van der Waals surface area contributed by atoms with Crippen molar-refractivity contribution in [3.8, 4) is 11.3 Å². The number of anilines is 1. The van der Waals surface area contributed by atoms with E-state index in [1.807, 2.05) is 25.3 Å². The van der Waals surface area contributed by atoms with Crippen LogP contribution in [-0.4, -0.2) is 40.1 Å². The number of nitrogens with zero attached hydrogens (tertiary/aromatic N) is 4. The second-order valence-corrected chi connectivity index (χ2v) is 5.77. The van der Waals surface area contributed by atoms with Crippen molar-refractivity contribution in [3.63, 3.8) is 0 Å². The monoisotopic (exact) mass is 283 g/mol. The molecule has 0 radical (unpaired) electrons. The number of nitrogens with one attached hydrogen (secondary N) is 1. The zero-order valence-electron chi connectivity index (χ0n) is 12.7. The molecule has 5 nitrogen and oxygen atoms in total. The van der Waals surface area contributed by atoms with Gasteiger partial charge in [-0.05, 0) is 32.9 Å². The molecule has 2 atom stereocenters. The molecular formula is C16H21N5. The van der Waals surface area contributed by atoms with Gasteiger partial charge in [0.2, 0.25) is 0 Å². The Morgan fingerprint density at radius 1 is 1.19 bits per heavy atom. The largest absolute Gasteiger partial charge is 0.353 e. The van der Waals surface area contributed by atoms with Crippen LogP contribution >= 0.6 is 0 Å². The number of piperazine rings is 1. The fourth-order valence-corrected chi connectivity index (χ4v) is 2.89. The summed E-state index contributed by atoms with van der Waals surface area (Å²) < 4.78 is 0. The molecule has 1 fully saturated rings. The highest BCUT2D eigenvalue weighted by Crippen LogP contribution is 2.22. The molecule has 0 amide bonds. The Kier molecular flexibility index (Phi) is 3.84. The Morgan fingerprint density at radius 2 is 1.95 bits per heavy atom. The number of aryl methyl sites for hydroxylation is 1. The van der Waals surface area contributed by atoms with E-state index >= 15 is 0 Å². The molecule has 0 spiro atoms. The first-order chi connectivity index (χ1) is 10.1. The number of aromatic nitrogens is 3. The highest BCUT2D eigenvalue weighted by atomic mass is 15.3. The molecule has 2 aromatic heterocycles. The standard InChI is InChI=1S/C16H21N5/c1-11-9-21(10-12(2)18-11)16-7-15(19-13(3)20-16)14-5-4-6-17-8-14/h4-8,11-12,18H,9-10H2,1-3H3/t11-,12+. The van der Waals surface area contributed by atoms with Crippen molar-refractivity contribution in [1.29, 1.82) is 0 Å². The summed E-state index contributed by atoms with van der Waals surface area (Å²) in [5.74, 6) is 1.80. The first-order valence-electron chi connectivity index (χ1n) is 7.39. The predicted octanol–water partition coefficient (Wildman–Crippen LogP) is 2.03. The highest BCUT2D eigenvalue weighted by Gasteiger charge is 2.22. The van der Waals surface area contributed by atoms with Crippen molar-refractivity contribution in [1.82, 2.24) is 20.3 Å². The van der Waals surface area contributed by atoms with E-state index < -0.39 is 0 Å². The summed E-state index contributed by atoms with van der Waals surface area (Å²) in [7, 11) is 0. The minimum atomic E-state index is 0.464. The average molecular weight is 283 g/mol. The predicted molar refractivity (Wildman–Crippen MR) is 84.3 cm³/mol. The van der Waals surface area contributed by atoms with E-state index in [0.29, 0.717) is 12.1 Å². The highest BCUT2D eigenvalue weighted by molar-refractivity contribution is 5.62. The van der Waals surface area contributed by atoms with E-state index in [0.717, 1.165) is 36.0 Å². The number of pyridine rings is 1. The molecular weight excluding hydrogens is 262 g/mol. The van der Waals surface area contributed by atoms with Crippen molar-refractivity contribution in [2.24, 2.45) is 0 Å². The number of rotatable bonds is 2. The lowest BCUT2D eigenvalue weighted by Gasteiger charge is -2.37. The molecule has 110 valence electrons. The Balaban J connectivity index is 1.94. The van der Waals surface area contributed by atoms with Crippen LogP contribution in [0.2, 0.25) is 0 Å². The lowest BCUT2D eigenvalue weighted by molar-refractivity contribution is 0.405. The average Bonchev–Trinajstić information content (AvgIpc) is 2.46. The van der Waals surface area contributed by atoms with Crippen molar-refractivity contribution >= 4 is 5.82 Å². The van der Waals surface area contributed by atoms with Crippen LogP contribution < -0.4 is 10.2 Å². The van der Waals surface area contributed by atoms with Gasteiger partial charge in [-0.15, -0.1) is 0 Å². The molecule has 3 heterocycles. The van der Waals surface area contributed by atoms with Crippen LogP contribution in [0, 0.1) is 6.92 Å². The van der Waals surface area contributed by atoms with Gasteiger partial charge in [0.05, 0.1) is 5.69 Å². The molecule has 0 saturated carbocycles. The second kappa shape index (κ2) is 5.77. The van der Waals surface area contributed by atoms with Crippen molar-refractivity contribution < 1.29 is 0 Å². The maximum absolute atomic E-state index is 4.62. The van der Waals surface area contributed by atoms with E-state index in [9.17, 15) is 0 Å². The van der Waals surface area contributed by atoms with Gasteiger partial charge >= 0.3 is 0 Å². The smallest absolute Gasteiger partial charge is 0.132 e. The Hall–Kier alpha value is -2.01. The van der Waals surface area contributed by atoms with Crippen molar-refractivity contribution in [2.45, 2.75) is 32.9 Å². The van der Waals surface area contributed by atoms with Gasteiger partial charge in [-0.25, -0.2) is 9.97 Å². The van der Waals surface area contributed by atoms with Crippen LogP contribution in [0.25, 0.3) is 11.3 Å². The summed E-state index contributed by atoms with van der Waals surface area (Å²) in [6.45, 7) is 8.29. The Labute approximate surface area is 125 Å². The summed E-state index contributed by atoms with van der Waals surface area (Å²) in [6.07, 6.45) is 3.62. The van der Waals surface area contributed by atoms with E-state index in [2.05, 4.69) is 45.1 Å². The van der Waals surface area contributed by atoms with Crippen LogP contribution in [0.15, 0.2) is 30.6 Å². The number of hydrogen-bond acceptors (Lipinski definition) is 5. The zero-order chi connectivity index (χ0) is 14.8. The summed E-state index contributed by atoms with van der Waals surface area (Å²) in [6, 6.07) is 6.95. The van der Waals surface area contributed by atoms with Crippen LogP contribution in [0.1, 0.15) is 19.7 Å². The molecule has 0 bridgehead atoms. The van der Waals surface area contributed by atoms with Crippen LogP contribution in [0.4, 0.5) is 5.82 Å². The SMILES string of the molecule is Cc1nc(-c2cccnc2)cc(N2C[C@@H](C)N[C@@H](C)C2)n1. The molecule has 0 aliphatic carbocycles. The fraction of sp³-hybridized carbons (Fsp3) is 0.438. The minimum Gasteiger partial charge on any atom is -0.353 e. The molecule has 0 unspecified atom stereocenters. The Bertz CT molecular complexity index is 603. The second-order valence-electron chi connectivity index (χ2n) is 5.77. The van der Waals surface area contributed by atoms with Gasteiger partial charge in [0.25, 0.3) is 0 Å². The summed E-state index contributed by atoms with van der Waals surface area (Å²) >= 11 is 0. The first-order valence-corrected chi connectivity index (χ1v) is 7.39. The molecule has 0 aromatic carbocycles. The van der Waals surface area contributed by atoms with Crippen molar-refractivity contribution in [2.75, 3.05) is 18.0 Å². The van der Waals surface area contributed by atoms with Gasteiger partial charge in [-0.1, -0.05) is 0 Å². The number of hydrogen-bond donors (Lipinski definition) is 1. The summed E-state index contributed by atoms with van der Waals surface area (Å²) in [5, 5.41) is 3.54. The van der Waals surface area contributed by atoms with Crippen LogP contribution in [-0.2, 0) is 0 Å². The van der Waals surface area contributed by atoms with E-state index in [4.69, 9.17) is 0 Å². The molecule has 1 aliphatic rings. The lowest BCUT2D eigenvalue weighted by atomic mass is 10.1. The molecule has 1 saturated heterocycles. The van der Waals surface area contributed by atoms with E-state index in [1.165, 1.54) is 0 Å². The topological polar surface area (TPSA) is 53.9 Å². The van der Waals surface area contributed by atoms with E-state index in [1.54, 1.807) is 6.20 Å². The van der Waals surface area contributed by atoms with Crippen LogP contribution in [0.5, 0.6) is 0 Å². The van der Waals surface area contributed by atoms with Crippen molar-refractivity contribution in [3.05, 3.63) is 36.4 Å². The normalized spacial score (nSPS) is 22.3. The summed E-state index contributed by atoms with van der Waals surface area (Å²) in [4.78, 5) is 15.7. The molecule has 21 heavy (non-hydrogen) atoms. The minimum absolute atomic E-state index is 0.464. The molecule has 1 N–H and O–H groups in total. The van der Waals surface area contributed by atoms with Gasteiger partial charge < -0.3 is 10.2 Å². The van der Waals surface area contributed by atoms with Gasteiger partial charge in [0.15, 0.2) is 0 Å². The molecule has 2 aromatic rings. The molecule has 1 aliphatic heterocycles. The maximum atomic E-state index is 4.62. The molecule has 3 rings (SSSR count). The van der Waals surface area contributed by atoms with Gasteiger partial charge in [0, 0.05) is 49.2 Å². The third-order valence-electron chi connectivity index (χ3n) is 3.66. The quantitative estimate of drug-likeness (QED) is 0.914. The lowest BCUT2D eigenvalue weighted by Crippen LogP contribution is -2.54.